The van der Waals surface area contributed by atoms with Crippen LogP contribution in [0.15, 0.2) is 35.6 Å². The van der Waals surface area contributed by atoms with Crippen LogP contribution in [0.2, 0.25) is 0 Å². The molecular formula is C12H17N5O2S. The Hall–Kier alpha value is -1.93. The van der Waals surface area contributed by atoms with Gasteiger partial charge in [-0.2, -0.15) is 9.40 Å². The van der Waals surface area contributed by atoms with E-state index in [4.69, 9.17) is 0 Å². The Balaban J connectivity index is 2.24. The van der Waals surface area contributed by atoms with Gasteiger partial charge in [0.05, 0.1) is 11.1 Å². The van der Waals surface area contributed by atoms with E-state index in [0.717, 1.165) is 5.56 Å². The second-order valence-electron chi connectivity index (χ2n) is 4.41. The molecule has 0 amide bonds. The molecule has 2 aromatic rings. The molecule has 0 bridgehead atoms. The third-order valence-electron chi connectivity index (χ3n) is 2.86. The molecule has 8 heteroatoms. The predicted octanol–water partition coefficient (Wildman–Crippen LogP) is 0.677. The maximum absolute atomic E-state index is 12.5. The van der Waals surface area contributed by atoms with Crippen molar-refractivity contribution in [2.45, 2.75) is 11.4 Å². The lowest BCUT2D eigenvalue weighted by molar-refractivity contribution is 0.466. The van der Waals surface area contributed by atoms with Crippen LogP contribution in [-0.2, 0) is 23.6 Å². The highest BCUT2D eigenvalue weighted by Crippen LogP contribution is 2.18. The monoisotopic (exact) mass is 295 g/mol. The van der Waals surface area contributed by atoms with Crippen molar-refractivity contribution in [2.75, 3.05) is 19.4 Å². The molecule has 20 heavy (non-hydrogen) atoms. The normalized spacial score (nSPS) is 11.8. The van der Waals surface area contributed by atoms with Gasteiger partial charge in [-0.15, -0.1) is 0 Å². The lowest BCUT2D eigenvalue weighted by Gasteiger charge is -2.16. The molecule has 0 aliphatic carbocycles. The summed E-state index contributed by atoms with van der Waals surface area (Å²) in [4.78, 5) is 4.22. The van der Waals surface area contributed by atoms with E-state index in [0.29, 0.717) is 5.82 Å². The molecule has 0 saturated carbocycles. The summed E-state index contributed by atoms with van der Waals surface area (Å²) in [5.74, 6) is 0.515. The van der Waals surface area contributed by atoms with Crippen molar-refractivity contribution >= 4 is 15.8 Å². The molecular weight excluding hydrogens is 278 g/mol. The van der Waals surface area contributed by atoms with Crippen LogP contribution in [0.3, 0.4) is 0 Å². The van der Waals surface area contributed by atoms with Crippen LogP contribution in [0.4, 0.5) is 5.82 Å². The molecule has 0 unspecified atom stereocenters. The molecule has 0 saturated heterocycles. The second kappa shape index (κ2) is 5.59. The standard InChI is InChI=1S/C12H17N5O2S/c1-13-12-6-11(4-5-14-12)20(18,19)17(3)9-10-7-15-16(2)8-10/h4-8H,9H2,1-3H3,(H,13,14). The first-order valence-corrected chi connectivity index (χ1v) is 7.45. The van der Waals surface area contributed by atoms with Crippen LogP contribution in [0.5, 0.6) is 0 Å². The Morgan fingerprint density at radius 1 is 1.45 bits per heavy atom. The van der Waals surface area contributed by atoms with Gasteiger partial charge in [-0.1, -0.05) is 0 Å². The molecule has 0 radical (unpaired) electrons. The van der Waals surface area contributed by atoms with Crippen LogP contribution >= 0.6 is 0 Å². The van der Waals surface area contributed by atoms with Gasteiger partial charge < -0.3 is 5.32 Å². The number of hydrogen-bond donors (Lipinski definition) is 1. The van der Waals surface area contributed by atoms with E-state index in [1.165, 1.54) is 22.6 Å². The summed E-state index contributed by atoms with van der Waals surface area (Å²) in [7, 11) is 1.48. The molecule has 0 spiro atoms. The summed E-state index contributed by atoms with van der Waals surface area (Å²) in [6, 6.07) is 2.99. The number of nitrogens with zero attached hydrogens (tertiary/aromatic N) is 4. The number of rotatable bonds is 5. The van der Waals surface area contributed by atoms with E-state index in [1.807, 2.05) is 0 Å². The average Bonchev–Trinajstić information content (AvgIpc) is 2.84. The first-order valence-electron chi connectivity index (χ1n) is 6.01. The van der Waals surface area contributed by atoms with E-state index in [-0.39, 0.29) is 11.4 Å². The Kier molecular flexibility index (Phi) is 4.05. The summed E-state index contributed by atoms with van der Waals surface area (Å²) in [5.41, 5.74) is 0.835. The number of nitrogens with one attached hydrogen (secondary N) is 1. The van der Waals surface area contributed by atoms with Gasteiger partial charge in [-0.25, -0.2) is 13.4 Å². The highest BCUT2D eigenvalue weighted by atomic mass is 32.2. The zero-order valence-electron chi connectivity index (χ0n) is 11.6. The maximum atomic E-state index is 12.5. The number of anilines is 1. The van der Waals surface area contributed by atoms with Gasteiger partial charge in [0.15, 0.2) is 0 Å². The summed E-state index contributed by atoms with van der Waals surface area (Å²) >= 11 is 0. The van der Waals surface area contributed by atoms with E-state index in [1.54, 1.807) is 38.2 Å². The van der Waals surface area contributed by atoms with Gasteiger partial charge >= 0.3 is 0 Å². The summed E-state index contributed by atoms with van der Waals surface area (Å²) < 4.78 is 27.8. The van der Waals surface area contributed by atoms with Gasteiger partial charge in [0.25, 0.3) is 0 Å². The Morgan fingerprint density at radius 3 is 2.80 bits per heavy atom. The fourth-order valence-electron chi connectivity index (χ4n) is 1.78. The zero-order chi connectivity index (χ0) is 14.8. The topological polar surface area (TPSA) is 80.1 Å². The van der Waals surface area contributed by atoms with Crippen molar-refractivity contribution < 1.29 is 8.42 Å². The van der Waals surface area contributed by atoms with Crippen LogP contribution in [0.1, 0.15) is 5.56 Å². The van der Waals surface area contributed by atoms with E-state index < -0.39 is 10.0 Å². The van der Waals surface area contributed by atoms with Crippen molar-refractivity contribution in [2.24, 2.45) is 7.05 Å². The lowest BCUT2D eigenvalue weighted by Crippen LogP contribution is -2.26. The third kappa shape index (κ3) is 2.97. The van der Waals surface area contributed by atoms with Gasteiger partial charge in [0.1, 0.15) is 5.82 Å². The fourth-order valence-corrected chi connectivity index (χ4v) is 2.96. The fraction of sp³-hybridized carbons (Fsp3) is 0.333. The Morgan fingerprint density at radius 2 is 2.20 bits per heavy atom. The summed E-state index contributed by atoms with van der Waals surface area (Å²) in [6.07, 6.45) is 4.91. The smallest absolute Gasteiger partial charge is 0.243 e. The quantitative estimate of drug-likeness (QED) is 0.877. The SMILES string of the molecule is CNc1cc(S(=O)(=O)N(C)Cc2cnn(C)c2)ccn1. The first kappa shape index (κ1) is 14.5. The molecule has 108 valence electrons. The molecule has 0 aliphatic heterocycles. The molecule has 0 aromatic carbocycles. The van der Waals surface area contributed by atoms with Crippen molar-refractivity contribution in [1.29, 1.82) is 0 Å². The van der Waals surface area contributed by atoms with Crippen LogP contribution in [0, 0.1) is 0 Å². The number of aromatic nitrogens is 3. The van der Waals surface area contributed by atoms with E-state index >= 15 is 0 Å². The number of aryl methyl sites for hydroxylation is 1. The van der Waals surface area contributed by atoms with E-state index in [9.17, 15) is 8.42 Å². The van der Waals surface area contributed by atoms with Gasteiger partial charge in [0.2, 0.25) is 10.0 Å². The highest BCUT2D eigenvalue weighted by molar-refractivity contribution is 7.89. The van der Waals surface area contributed by atoms with Gasteiger partial charge in [0, 0.05) is 51.7 Å². The zero-order valence-corrected chi connectivity index (χ0v) is 12.4. The summed E-state index contributed by atoms with van der Waals surface area (Å²) in [5, 5.41) is 6.85. The molecule has 0 aliphatic rings. The van der Waals surface area contributed by atoms with Crippen molar-refractivity contribution in [1.82, 2.24) is 19.1 Å². The average molecular weight is 295 g/mol. The molecule has 0 fully saturated rings. The van der Waals surface area contributed by atoms with Crippen LogP contribution in [0.25, 0.3) is 0 Å². The van der Waals surface area contributed by atoms with Crippen LogP contribution < -0.4 is 5.32 Å². The van der Waals surface area contributed by atoms with Gasteiger partial charge in [-0.05, 0) is 6.07 Å². The van der Waals surface area contributed by atoms with E-state index in [2.05, 4.69) is 15.4 Å². The van der Waals surface area contributed by atoms with Crippen molar-refractivity contribution in [3.05, 3.63) is 36.3 Å². The molecule has 1 N–H and O–H groups in total. The predicted molar refractivity (Wildman–Crippen MR) is 75.6 cm³/mol. The van der Waals surface area contributed by atoms with Crippen LogP contribution in [-0.4, -0.2) is 41.6 Å². The van der Waals surface area contributed by atoms with Crippen molar-refractivity contribution in [3.8, 4) is 0 Å². The molecule has 2 rings (SSSR count). The minimum atomic E-state index is -3.54. The second-order valence-corrected chi connectivity index (χ2v) is 6.46. The largest absolute Gasteiger partial charge is 0.373 e. The number of pyridine rings is 1. The summed E-state index contributed by atoms with van der Waals surface area (Å²) in [6.45, 7) is 0.271. The first-order chi connectivity index (χ1) is 9.43. The minimum Gasteiger partial charge on any atom is -0.373 e. The van der Waals surface area contributed by atoms with Crippen molar-refractivity contribution in [3.63, 3.8) is 0 Å². The third-order valence-corrected chi connectivity index (χ3v) is 4.66. The molecule has 0 atom stereocenters. The molecule has 7 nitrogen and oxygen atoms in total. The Labute approximate surface area is 118 Å². The van der Waals surface area contributed by atoms with Gasteiger partial charge in [-0.3, -0.25) is 4.68 Å². The minimum absolute atomic E-state index is 0.211. The number of hydrogen-bond acceptors (Lipinski definition) is 5. The molecule has 2 aromatic heterocycles. The molecule has 2 heterocycles. The highest BCUT2D eigenvalue weighted by Gasteiger charge is 2.21. The maximum Gasteiger partial charge on any atom is 0.243 e. The lowest BCUT2D eigenvalue weighted by atomic mass is 10.4. The Bertz CT molecular complexity index is 695. The number of sulfonamides is 1.